The number of carbonyl (C=O) groups is 1. The summed E-state index contributed by atoms with van der Waals surface area (Å²) in [5.74, 6) is 0.147. The number of amides is 1. The van der Waals surface area contributed by atoms with Crippen LogP contribution in [0.4, 0.5) is 10.1 Å². The lowest BCUT2D eigenvalue weighted by Gasteiger charge is -2.45. The van der Waals surface area contributed by atoms with Crippen LogP contribution >= 0.6 is 11.6 Å². The van der Waals surface area contributed by atoms with Gasteiger partial charge in [0.2, 0.25) is 0 Å². The lowest BCUT2D eigenvalue weighted by atomic mass is 9.78. The highest BCUT2D eigenvalue weighted by atomic mass is 35.5. The predicted octanol–water partition coefficient (Wildman–Crippen LogP) is 7.32. The second-order valence-electron chi connectivity index (χ2n) is 9.79. The molecule has 0 unspecified atom stereocenters. The summed E-state index contributed by atoms with van der Waals surface area (Å²) < 4.78 is 13.5. The van der Waals surface area contributed by atoms with Gasteiger partial charge < -0.3 is 4.90 Å². The van der Waals surface area contributed by atoms with Crippen molar-refractivity contribution in [2.75, 3.05) is 18.0 Å². The number of nitrogens with zero attached hydrogens (tertiary/aromatic N) is 2. The maximum atomic E-state index is 13.6. The van der Waals surface area contributed by atoms with Gasteiger partial charge >= 0.3 is 0 Å². The monoisotopic (exact) mass is 490 g/mol. The SMILES string of the molecule is O=C(c1ccc(F)cc1)N(c1ccc(Cl)cc1)C1CCN([C@@H]2CCCC[C@@H]2c2ccccc2)CC1. The van der Waals surface area contributed by atoms with Gasteiger partial charge in [-0.25, -0.2) is 4.39 Å². The average molecular weight is 491 g/mol. The maximum Gasteiger partial charge on any atom is 0.258 e. The number of carbonyl (C=O) groups excluding carboxylic acids is 1. The number of benzene rings is 3. The normalized spacial score (nSPS) is 21.5. The number of rotatable bonds is 5. The van der Waals surface area contributed by atoms with E-state index in [0.717, 1.165) is 31.6 Å². The Morgan fingerprint density at radius 2 is 1.49 bits per heavy atom. The maximum absolute atomic E-state index is 13.6. The standard InChI is InChI=1S/C30H32ClFN2O/c31-24-12-16-26(17-13-24)34(30(35)23-10-14-25(32)15-11-23)27-18-20-33(21-19-27)29-9-5-4-8-28(29)22-6-2-1-3-7-22/h1-3,6-7,10-17,27-29H,4-5,8-9,18-21H2/t28-,29-/m1/s1. The van der Waals surface area contributed by atoms with Crippen molar-refractivity contribution < 1.29 is 9.18 Å². The molecule has 3 nitrogen and oxygen atoms in total. The quantitative estimate of drug-likeness (QED) is 0.374. The molecule has 0 aromatic heterocycles. The van der Waals surface area contributed by atoms with Gasteiger partial charge in [0.15, 0.2) is 0 Å². The van der Waals surface area contributed by atoms with Crippen molar-refractivity contribution in [3.05, 3.63) is 101 Å². The van der Waals surface area contributed by atoms with Gasteiger partial charge in [-0.1, -0.05) is 54.8 Å². The first-order valence-corrected chi connectivity index (χ1v) is 13.1. The Morgan fingerprint density at radius 3 is 2.17 bits per heavy atom. The number of halogens is 2. The van der Waals surface area contributed by atoms with Crippen LogP contribution in [0.1, 0.15) is 60.4 Å². The molecule has 2 atom stereocenters. The molecule has 2 fully saturated rings. The molecule has 2 aliphatic rings. The van der Waals surface area contributed by atoms with Crippen molar-refractivity contribution >= 4 is 23.2 Å². The van der Waals surface area contributed by atoms with Crippen LogP contribution in [-0.2, 0) is 0 Å². The molecule has 0 spiro atoms. The minimum atomic E-state index is -0.339. The van der Waals surface area contributed by atoms with Crippen molar-refractivity contribution in [1.29, 1.82) is 0 Å². The van der Waals surface area contributed by atoms with E-state index in [4.69, 9.17) is 11.6 Å². The minimum Gasteiger partial charge on any atom is -0.305 e. The van der Waals surface area contributed by atoms with Gasteiger partial charge in [0.1, 0.15) is 5.82 Å². The zero-order chi connectivity index (χ0) is 24.2. The number of anilines is 1. The van der Waals surface area contributed by atoms with E-state index in [9.17, 15) is 9.18 Å². The first-order valence-electron chi connectivity index (χ1n) is 12.7. The van der Waals surface area contributed by atoms with E-state index in [0.29, 0.717) is 22.5 Å². The smallest absolute Gasteiger partial charge is 0.258 e. The molecule has 182 valence electrons. The van der Waals surface area contributed by atoms with Gasteiger partial charge in [0, 0.05) is 41.4 Å². The van der Waals surface area contributed by atoms with Crippen LogP contribution in [0.3, 0.4) is 0 Å². The van der Waals surface area contributed by atoms with Crippen LogP contribution in [0, 0.1) is 5.82 Å². The molecule has 5 heteroatoms. The fraction of sp³-hybridized carbons (Fsp3) is 0.367. The van der Waals surface area contributed by atoms with E-state index in [1.807, 2.05) is 29.2 Å². The molecule has 1 saturated heterocycles. The van der Waals surface area contributed by atoms with E-state index >= 15 is 0 Å². The summed E-state index contributed by atoms with van der Waals surface area (Å²) in [6.45, 7) is 1.94. The molecule has 5 rings (SSSR count). The Morgan fingerprint density at radius 1 is 0.829 bits per heavy atom. The molecular formula is C30H32ClFN2O. The number of hydrogen-bond acceptors (Lipinski definition) is 2. The molecule has 1 amide bonds. The van der Waals surface area contributed by atoms with E-state index < -0.39 is 0 Å². The molecule has 35 heavy (non-hydrogen) atoms. The molecule has 1 aliphatic heterocycles. The molecule has 3 aromatic rings. The summed E-state index contributed by atoms with van der Waals surface area (Å²) in [6.07, 6.45) is 6.88. The molecular weight excluding hydrogens is 459 g/mol. The zero-order valence-electron chi connectivity index (χ0n) is 20.0. The summed E-state index contributed by atoms with van der Waals surface area (Å²) in [4.78, 5) is 18.2. The van der Waals surface area contributed by atoms with Crippen molar-refractivity contribution in [3.8, 4) is 0 Å². The van der Waals surface area contributed by atoms with Crippen LogP contribution in [0.25, 0.3) is 0 Å². The summed E-state index contributed by atoms with van der Waals surface area (Å²) in [6, 6.07) is 24.9. The third kappa shape index (κ3) is 5.44. The third-order valence-corrected chi connectivity index (χ3v) is 7.96. The van der Waals surface area contributed by atoms with E-state index in [-0.39, 0.29) is 17.8 Å². The fourth-order valence-electron chi connectivity index (χ4n) is 5.94. The molecule has 0 bridgehead atoms. The van der Waals surface area contributed by atoms with Crippen molar-refractivity contribution in [2.45, 2.75) is 56.5 Å². The highest BCUT2D eigenvalue weighted by Gasteiger charge is 2.36. The van der Waals surface area contributed by atoms with Crippen molar-refractivity contribution in [3.63, 3.8) is 0 Å². The van der Waals surface area contributed by atoms with E-state index in [1.54, 1.807) is 12.1 Å². The Kier molecular flexibility index (Phi) is 7.50. The van der Waals surface area contributed by atoms with Crippen LogP contribution in [-0.4, -0.2) is 36.0 Å². The van der Waals surface area contributed by atoms with Gasteiger partial charge in [0.05, 0.1) is 0 Å². The Labute approximate surface area is 212 Å². The minimum absolute atomic E-state index is 0.0868. The topological polar surface area (TPSA) is 23.6 Å². The number of piperidine rings is 1. The van der Waals surface area contributed by atoms with Crippen LogP contribution < -0.4 is 4.90 Å². The summed E-state index contributed by atoms with van der Waals surface area (Å²) >= 11 is 6.13. The average Bonchev–Trinajstić information content (AvgIpc) is 2.91. The number of hydrogen-bond donors (Lipinski definition) is 0. The first-order chi connectivity index (χ1) is 17.1. The largest absolute Gasteiger partial charge is 0.305 e. The van der Waals surface area contributed by atoms with Crippen molar-refractivity contribution in [2.24, 2.45) is 0 Å². The van der Waals surface area contributed by atoms with Crippen molar-refractivity contribution in [1.82, 2.24) is 4.90 Å². The van der Waals surface area contributed by atoms with Gasteiger partial charge in [0.25, 0.3) is 5.91 Å². The molecule has 3 aromatic carbocycles. The predicted molar refractivity (Wildman–Crippen MR) is 141 cm³/mol. The second-order valence-corrected chi connectivity index (χ2v) is 10.2. The Hall–Kier alpha value is -2.69. The lowest BCUT2D eigenvalue weighted by Crippen LogP contribution is -2.51. The van der Waals surface area contributed by atoms with Gasteiger partial charge in [-0.05, 0) is 85.7 Å². The molecule has 1 saturated carbocycles. The summed E-state index contributed by atoms with van der Waals surface area (Å²) in [5, 5.41) is 0.641. The van der Waals surface area contributed by atoms with Gasteiger partial charge in [-0.15, -0.1) is 0 Å². The van der Waals surface area contributed by atoms with E-state index in [2.05, 4.69) is 35.2 Å². The molecule has 1 heterocycles. The first kappa shape index (κ1) is 24.0. The third-order valence-electron chi connectivity index (χ3n) is 7.71. The zero-order valence-corrected chi connectivity index (χ0v) is 20.7. The molecule has 0 radical (unpaired) electrons. The highest BCUT2D eigenvalue weighted by molar-refractivity contribution is 6.30. The lowest BCUT2D eigenvalue weighted by molar-refractivity contribution is 0.0895. The Bertz CT molecular complexity index is 1110. The Balaban J connectivity index is 1.34. The van der Waals surface area contributed by atoms with Crippen LogP contribution in [0.15, 0.2) is 78.9 Å². The second kappa shape index (κ2) is 10.9. The van der Waals surface area contributed by atoms with E-state index in [1.165, 1.54) is 43.4 Å². The highest BCUT2D eigenvalue weighted by Crippen LogP contribution is 2.38. The fourth-order valence-corrected chi connectivity index (χ4v) is 6.07. The molecule has 1 aliphatic carbocycles. The molecule has 0 N–H and O–H groups in total. The van der Waals surface area contributed by atoms with Crippen LogP contribution in [0.2, 0.25) is 5.02 Å². The van der Waals surface area contributed by atoms with Gasteiger partial charge in [-0.3, -0.25) is 9.69 Å². The summed E-state index contributed by atoms with van der Waals surface area (Å²) in [7, 11) is 0. The number of likely N-dealkylation sites (tertiary alicyclic amines) is 1. The van der Waals surface area contributed by atoms with Crippen LogP contribution in [0.5, 0.6) is 0 Å². The summed E-state index contributed by atoms with van der Waals surface area (Å²) in [5.41, 5.74) is 2.79. The van der Waals surface area contributed by atoms with Gasteiger partial charge in [-0.2, -0.15) is 0 Å².